The summed E-state index contributed by atoms with van der Waals surface area (Å²) in [5.74, 6) is -6.17. The largest absolute Gasteiger partial charge is 0.294 e. The Kier molecular flexibility index (Phi) is 4.42. The lowest BCUT2D eigenvalue weighted by atomic mass is 10.0. The third-order valence-corrected chi connectivity index (χ3v) is 4.46. The molecule has 0 saturated heterocycles. The van der Waals surface area contributed by atoms with Gasteiger partial charge in [0.2, 0.25) is 0 Å². The molecule has 4 amide bonds. The van der Waals surface area contributed by atoms with Gasteiger partial charge in [-0.3, -0.25) is 24.0 Å². The van der Waals surface area contributed by atoms with Crippen LogP contribution in [-0.2, 0) is 19.2 Å². The van der Waals surface area contributed by atoms with Crippen LogP contribution in [0.25, 0.3) is 0 Å². The maximum atomic E-state index is 14.1. The summed E-state index contributed by atoms with van der Waals surface area (Å²) in [6, 6.07) is 8.28. The number of anilines is 2. The number of carbonyl (C=O) groups is 5. The second kappa shape index (κ2) is 6.96. The minimum absolute atomic E-state index is 0.0193. The average Bonchev–Trinajstić information content (AvgIpc) is 3.17. The fraction of sp³-hybridized carbons (Fsp3) is 0. The Balaban J connectivity index is 1.69. The molecule has 2 aliphatic heterocycles. The molecule has 2 aliphatic rings. The monoisotopic (exact) mass is 408 g/mol. The quantitative estimate of drug-likeness (QED) is 0.572. The van der Waals surface area contributed by atoms with Crippen molar-refractivity contribution in [2.75, 3.05) is 9.80 Å². The van der Waals surface area contributed by atoms with E-state index in [-0.39, 0.29) is 22.5 Å². The number of carbonyl (C=O) groups excluding carboxylic acids is 5. The number of hydrogen-bond acceptors (Lipinski definition) is 5. The normalized spacial score (nSPS) is 16.0. The minimum atomic E-state index is -1.22. The molecule has 9 heteroatoms. The summed E-state index contributed by atoms with van der Waals surface area (Å²) in [4.78, 5) is 61.5. The number of ketones is 1. The highest BCUT2D eigenvalue weighted by Crippen LogP contribution is 2.27. The fourth-order valence-electron chi connectivity index (χ4n) is 3.13. The molecule has 30 heavy (non-hydrogen) atoms. The number of halogens is 2. The molecule has 0 bridgehead atoms. The van der Waals surface area contributed by atoms with Gasteiger partial charge in [0.25, 0.3) is 23.6 Å². The predicted molar refractivity (Wildman–Crippen MR) is 99.6 cm³/mol. The van der Waals surface area contributed by atoms with Gasteiger partial charge in [0.1, 0.15) is 5.82 Å². The van der Waals surface area contributed by atoms with Crippen LogP contribution in [0.4, 0.5) is 20.2 Å². The molecular formula is C21H10F2N2O5. The van der Waals surface area contributed by atoms with Gasteiger partial charge in [0.15, 0.2) is 11.6 Å². The van der Waals surface area contributed by atoms with Gasteiger partial charge < -0.3 is 0 Å². The Bertz CT molecular complexity index is 1210. The van der Waals surface area contributed by atoms with E-state index in [2.05, 4.69) is 0 Å². The van der Waals surface area contributed by atoms with E-state index in [1.807, 2.05) is 0 Å². The molecule has 0 aromatic heterocycles. The Hall–Kier alpha value is -4.27. The molecule has 0 unspecified atom stereocenters. The van der Waals surface area contributed by atoms with Crippen molar-refractivity contribution >= 4 is 40.8 Å². The molecule has 148 valence electrons. The van der Waals surface area contributed by atoms with Crippen molar-refractivity contribution in [2.45, 2.75) is 0 Å². The third kappa shape index (κ3) is 3.12. The van der Waals surface area contributed by atoms with Gasteiger partial charge >= 0.3 is 0 Å². The topological polar surface area (TPSA) is 91.8 Å². The van der Waals surface area contributed by atoms with Gasteiger partial charge in [-0.2, -0.15) is 0 Å². The van der Waals surface area contributed by atoms with Crippen LogP contribution in [0.3, 0.4) is 0 Å². The molecule has 0 spiro atoms. The maximum Gasteiger partial charge on any atom is 0.294 e. The molecule has 2 aromatic rings. The number of amides is 4. The van der Waals surface area contributed by atoms with E-state index in [1.54, 1.807) is 0 Å². The molecule has 0 radical (unpaired) electrons. The first-order valence-corrected chi connectivity index (χ1v) is 8.53. The summed E-state index contributed by atoms with van der Waals surface area (Å²) in [5.41, 5.74) is -0.344. The van der Waals surface area contributed by atoms with Crippen LogP contribution < -0.4 is 9.80 Å². The number of hydrogen-bond donors (Lipinski definition) is 0. The van der Waals surface area contributed by atoms with Crippen LogP contribution in [0.5, 0.6) is 0 Å². The Morgan fingerprint density at radius 2 is 1.40 bits per heavy atom. The van der Waals surface area contributed by atoms with Crippen molar-refractivity contribution in [1.29, 1.82) is 0 Å². The highest BCUT2D eigenvalue weighted by Gasteiger charge is 2.33. The molecule has 0 fully saturated rings. The SMILES string of the molecule is O=C(c1cc(F)cc(N2C(=O)C=CC2=O)c1)c1cccc(N2C(=O)C=C(F)C2=O)c1. The van der Waals surface area contributed by atoms with Crippen molar-refractivity contribution in [3.8, 4) is 0 Å². The first kappa shape index (κ1) is 19.1. The molecule has 2 aromatic carbocycles. The zero-order valence-corrected chi connectivity index (χ0v) is 15.0. The van der Waals surface area contributed by atoms with Gasteiger partial charge in [-0.25, -0.2) is 18.6 Å². The van der Waals surface area contributed by atoms with E-state index in [1.165, 1.54) is 30.3 Å². The zero-order chi connectivity index (χ0) is 21.6. The van der Waals surface area contributed by atoms with Gasteiger partial charge in [-0.15, -0.1) is 0 Å². The third-order valence-electron chi connectivity index (χ3n) is 4.46. The molecule has 0 aliphatic carbocycles. The van der Waals surface area contributed by atoms with Gasteiger partial charge in [-0.1, -0.05) is 12.1 Å². The molecule has 7 nitrogen and oxygen atoms in total. The molecular weight excluding hydrogens is 398 g/mol. The van der Waals surface area contributed by atoms with Crippen LogP contribution in [0.15, 0.2) is 66.5 Å². The van der Waals surface area contributed by atoms with Crippen LogP contribution in [0, 0.1) is 5.82 Å². The Labute approximate surface area is 167 Å². The molecule has 0 N–H and O–H groups in total. The molecule has 4 rings (SSSR count). The highest BCUT2D eigenvalue weighted by molar-refractivity contribution is 6.30. The van der Waals surface area contributed by atoms with Crippen LogP contribution in [0.2, 0.25) is 0 Å². The van der Waals surface area contributed by atoms with Crippen molar-refractivity contribution in [2.24, 2.45) is 0 Å². The number of rotatable bonds is 4. The lowest BCUT2D eigenvalue weighted by Crippen LogP contribution is -2.30. The van der Waals surface area contributed by atoms with Gasteiger partial charge in [0.05, 0.1) is 11.4 Å². The summed E-state index contributed by atoms with van der Waals surface area (Å²) in [6.45, 7) is 0. The highest BCUT2D eigenvalue weighted by atomic mass is 19.1. The van der Waals surface area contributed by atoms with Gasteiger partial charge in [-0.05, 0) is 30.3 Å². The Morgan fingerprint density at radius 1 is 0.733 bits per heavy atom. The van der Waals surface area contributed by atoms with Crippen molar-refractivity contribution in [3.05, 3.63) is 83.5 Å². The van der Waals surface area contributed by atoms with E-state index < -0.39 is 41.1 Å². The molecule has 0 saturated carbocycles. The predicted octanol–water partition coefficient (Wildman–Crippen LogP) is 2.21. The second-order valence-electron chi connectivity index (χ2n) is 6.39. The van der Waals surface area contributed by atoms with E-state index in [0.29, 0.717) is 15.9 Å². The number of nitrogens with zero attached hydrogens (tertiary/aromatic N) is 2. The van der Waals surface area contributed by atoms with Crippen LogP contribution in [-0.4, -0.2) is 29.4 Å². The van der Waals surface area contributed by atoms with Crippen molar-refractivity contribution in [1.82, 2.24) is 0 Å². The zero-order valence-electron chi connectivity index (χ0n) is 15.0. The smallest absolute Gasteiger partial charge is 0.289 e. The summed E-state index contributed by atoms with van der Waals surface area (Å²) >= 11 is 0. The lowest BCUT2D eigenvalue weighted by molar-refractivity contribution is -0.122. The van der Waals surface area contributed by atoms with E-state index in [4.69, 9.17) is 0 Å². The van der Waals surface area contributed by atoms with Gasteiger partial charge in [0, 0.05) is 29.4 Å². The first-order chi connectivity index (χ1) is 14.3. The van der Waals surface area contributed by atoms with Crippen molar-refractivity contribution in [3.63, 3.8) is 0 Å². The van der Waals surface area contributed by atoms with E-state index in [9.17, 15) is 32.8 Å². The van der Waals surface area contributed by atoms with Crippen LogP contribution in [0.1, 0.15) is 15.9 Å². The van der Waals surface area contributed by atoms with Crippen molar-refractivity contribution < 1.29 is 32.8 Å². The fourth-order valence-corrected chi connectivity index (χ4v) is 3.13. The summed E-state index contributed by atoms with van der Waals surface area (Å²) < 4.78 is 27.5. The lowest BCUT2D eigenvalue weighted by Gasteiger charge is -2.16. The first-order valence-electron chi connectivity index (χ1n) is 8.53. The summed E-state index contributed by atoms with van der Waals surface area (Å²) in [6.07, 6.45) is 2.58. The maximum absolute atomic E-state index is 14.1. The molecule has 2 heterocycles. The summed E-state index contributed by atoms with van der Waals surface area (Å²) in [5, 5.41) is 0. The average molecular weight is 408 g/mol. The minimum Gasteiger partial charge on any atom is -0.289 e. The van der Waals surface area contributed by atoms with Crippen LogP contribution >= 0.6 is 0 Å². The second-order valence-corrected chi connectivity index (χ2v) is 6.39. The number of benzene rings is 2. The van der Waals surface area contributed by atoms with E-state index >= 15 is 0 Å². The molecule has 0 atom stereocenters. The van der Waals surface area contributed by atoms with E-state index in [0.717, 1.165) is 24.3 Å². The standard InChI is InChI=1S/C21H10F2N2O5/c22-13-6-12(8-15(9-13)24-17(26)4-5-18(24)27)20(29)11-2-1-3-14(7-11)25-19(28)10-16(23)21(25)30/h1-10H. The summed E-state index contributed by atoms with van der Waals surface area (Å²) in [7, 11) is 0. The Morgan fingerprint density at radius 3 is 2.03 bits per heavy atom. The number of imide groups is 2.